The molecule has 0 aliphatic heterocycles. The van der Waals surface area contributed by atoms with E-state index >= 15 is 0 Å². The van der Waals surface area contributed by atoms with Crippen molar-refractivity contribution in [2.24, 2.45) is 17.8 Å². The summed E-state index contributed by atoms with van der Waals surface area (Å²) in [6.07, 6.45) is 6.84. The summed E-state index contributed by atoms with van der Waals surface area (Å²) in [4.78, 5) is 11.9. The number of carbonyl (C=O) groups excluding carboxylic acids is 1. The summed E-state index contributed by atoms with van der Waals surface area (Å²) in [7, 11) is 0. The van der Waals surface area contributed by atoms with Gasteiger partial charge in [0.15, 0.2) is 0 Å². The first-order valence-corrected chi connectivity index (χ1v) is 6.12. The summed E-state index contributed by atoms with van der Waals surface area (Å²) < 4.78 is 0. The smallest absolute Gasteiger partial charge is 0.224 e. The highest BCUT2D eigenvalue weighted by molar-refractivity contribution is 5.82. The number of hydrogen-bond acceptors (Lipinski definition) is 2. The van der Waals surface area contributed by atoms with Crippen LogP contribution in [0.25, 0.3) is 0 Å². The molecule has 1 aromatic rings. The summed E-state index contributed by atoms with van der Waals surface area (Å²) >= 11 is 0. The van der Waals surface area contributed by atoms with Crippen molar-refractivity contribution in [2.75, 3.05) is 0 Å². The van der Waals surface area contributed by atoms with Crippen LogP contribution in [0.5, 0.6) is 0 Å². The lowest BCUT2D eigenvalue weighted by Gasteiger charge is -2.04. The van der Waals surface area contributed by atoms with Gasteiger partial charge in [0.1, 0.15) is 0 Å². The molecule has 1 heterocycles. The van der Waals surface area contributed by atoms with Crippen molar-refractivity contribution in [1.82, 2.24) is 15.5 Å². The van der Waals surface area contributed by atoms with E-state index in [4.69, 9.17) is 0 Å². The minimum absolute atomic E-state index is 0.242. The topological polar surface area (TPSA) is 57.8 Å². The molecule has 1 aromatic heterocycles. The van der Waals surface area contributed by atoms with E-state index in [9.17, 15) is 4.79 Å². The lowest BCUT2D eigenvalue weighted by atomic mass is 10.0. The second-order valence-electron chi connectivity index (χ2n) is 4.94. The average molecular weight is 219 g/mol. The van der Waals surface area contributed by atoms with Crippen molar-refractivity contribution in [1.29, 1.82) is 0 Å². The molecule has 2 fully saturated rings. The van der Waals surface area contributed by atoms with Crippen LogP contribution in [0.2, 0.25) is 0 Å². The zero-order valence-corrected chi connectivity index (χ0v) is 9.28. The highest BCUT2D eigenvalue weighted by Crippen LogP contribution is 2.55. The molecule has 0 saturated heterocycles. The maximum absolute atomic E-state index is 11.9. The van der Waals surface area contributed by atoms with Crippen LogP contribution in [0.15, 0.2) is 12.3 Å². The molecule has 16 heavy (non-hydrogen) atoms. The normalized spacial score (nSPS) is 31.9. The molecule has 0 radical (unpaired) electrons. The van der Waals surface area contributed by atoms with Crippen LogP contribution in [0.1, 0.15) is 31.4 Å². The molecule has 2 aliphatic carbocycles. The monoisotopic (exact) mass is 219 g/mol. The van der Waals surface area contributed by atoms with Gasteiger partial charge in [-0.25, -0.2) is 0 Å². The maximum Gasteiger partial charge on any atom is 0.224 e. The van der Waals surface area contributed by atoms with Gasteiger partial charge < -0.3 is 5.32 Å². The Kier molecular flexibility index (Phi) is 2.42. The van der Waals surface area contributed by atoms with Crippen molar-refractivity contribution in [3.63, 3.8) is 0 Å². The Bertz CT molecular complexity index is 362. The number of hydrogen-bond donors (Lipinski definition) is 2. The third kappa shape index (κ3) is 1.72. The van der Waals surface area contributed by atoms with E-state index in [-0.39, 0.29) is 5.91 Å². The summed E-state index contributed by atoms with van der Waals surface area (Å²) in [6.45, 7) is 0.578. The summed E-state index contributed by atoms with van der Waals surface area (Å²) in [5.74, 6) is 1.93. The van der Waals surface area contributed by atoms with Crippen LogP contribution in [0, 0.1) is 17.8 Å². The molecule has 2 atom stereocenters. The van der Waals surface area contributed by atoms with Gasteiger partial charge in [-0.3, -0.25) is 9.89 Å². The number of aromatic amines is 1. The number of rotatable bonds is 3. The minimum atomic E-state index is 0.242. The van der Waals surface area contributed by atoms with Gasteiger partial charge in [0.25, 0.3) is 0 Å². The quantitative estimate of drug-likeness (QED) is 0.808. The number of H-pyrrole nitrogens is 1. The zero-order chi connectivity index (χ0) is 11.0. The van der Waals surface area contributed by atoms with Gasteiger partial charge in [-0.05, 0) is 30.7 Å². The fourth-order valence-corrected chi connectivity index (χ4v) is 3.06. The molecule has 2 saturated carbocycles. The van der Waals surface area contributed by atoms with Gasteiger partial charge >= 0.3 is 0 Å². The number of amides is 1. The van der Waals surface area contributed by atoms with Crippen LogP contribution >= 0.6 is 0 Å². The Labute approximate surface area is 94.8 Å². The van der Waals surface area contributed by atoms with Gasteiger partial charge in [0, 0.05) is 12.1 Å². The summed E-state index contributed by atoms with van der Waals surface area (Å²) in [6, 6.07) is 1.89. The largest absolute Gasteiger partial charge is 0.350 e. The Balaban J connectivity index is 1.51. The Morgan fingerprint density at radius 1 is 1.44 bits per heavy atom. The van der Waals surface area contributed by atoms with Crippen molar-refractivity contribution in [3.8, 4) is 0 Å². The van der Waals surface area contributed by atoms with Crippen molar-refractivity contribution >= 4 is 5.91 Å². The second-order valence-corrected chi connectivity index (χ2v) is 4.94. The number of nitrogens with one attached hydrogen (secondary N) is 2. The van der Waals surface area contributed by atoms with Crippen molar-refractivity contribution in [3.05, 3.63) is 18.0 Å². The molecular formula is C12H17N3O. The average Bonchev–Trinajstić information content (AvgIpc) is 2.80. The Morgan fingerprint density at radius 2 is 2.19 bits per heavy atom. The first-order valence-electron chi connectivity index (χ1n) is 6.12. The first kappa shape index (κ1) is 9.87. The molecule has 0 spiro atoms. The molecule has 2 aliphatic rings. The van der Waals surface area contributed by atoms with E-state index in [1.807, 2.05) is 6.07 Å². The summed E-state index contributed by atoms with van der Waals surface area (Å²) in [5.41, 5.74) is 0.969. The zero-order valence-electron chi connectivity index (χ0n) is 9.28. The van der Waals surface area contributed by atoms with E-state index in [2.05, 4.69) is 15.5 Å². The van der Waals surface area contributed by atoms with Crippen LogP contribution in [0.4, 0.5) is 0 Å². The van der Waals surface area contributed by atoms with Crippen molar-refractivity contribution in [2.45, 2.75) is 32.2 Å². The standard InChI is InChI=1S/C12H17N3O/c16-12(13-7-8-5-6-14-15-8)11-9-3-1-2-4-10(9)11/h5-6,9-11H,1-4,7H2,(H,13,16)(H,14,15). The SMILES string of the molecule is O=C(NCc1ccn[nH]1)C1C2CCCCC21. The molecule has 0 bridgehead atoms. The predicted molar refractivity (Wildman–Crippen MR) is 59.4 cm³/mol. The van der Waals surface area contributed by atoms with E-state index in [0.717, 1.165) is 5.69 Å². The fourth-order valence-electron chi connectivity index (χ4n) is 3.06. The third-order valence-electron chi connectivity index (χ3n) is 3.97. The van der Waals surface area contributed by atoms with Gasteiger partial charge in [-0.2, -0.15) is 5.10 Å². The number of carbonyl (C=O) groups is 1. The van der Waals surface area contributed by atoms with Gasteiger partial charge in [0.05, 0.1) is 12.2 Å². The molecule has 4 heteroatoms. The van der Waals surface area contributed by atoms with E-state index < -0.39 is 0 Å². The van der Waals surface area contributed by atoms with Crippen LogP contribution < -0.4 is 5.32 Å². The Morgan fingerprint density at radius 3 is 2.81 bits per heavy atom. The highest BCUT2D eigenvalue weighted by atomic mass is 16.2. The molecule has 3 rings (SSSR count). The molecule has 2 unspecified atom stereocenters. The van der Waals surface area contributed by atoms with E-state index in [1.165, 1.54) is 25.7 Å². The number of fused-ring (bicyclic) bond motifs is 1. The van der Waals surface area contributed by atoms with E-state index in [0.29, 0.717) is 24.3 Å². The number of nitrogens with zero attached hydrogens (tertiary/aromatic N) is 1. The molecule has 86 valence electrons. The molecule has 1 amide bonds. The van der Waals surface area contributed by atoms with Crippen LogP contribution in [0.3, 0.4) is 0 Å². The first-order chi connectivity index (χ1) is 7.86. The predicted octanol–water partition coefficient (Wildman–Crippen LogP) is 1.46. The molecule has 2 N–H and O–H groups in total. The number of aromatic nitrogens is 2. The lowest BCUT2D eigenvalue weighted by Crippen LogP contribution is -2.25. The lowest BCUT2D eigenvalue weighted by molar-refractivity contribution is -0.123. The fraction of sp³-hybridized carbons (Fsp3) is 0.667. The second kappa shape index (κ2) is 3.92. The highest BCUT2D eigenvalue weighted by Gasteiger charge is 2.54. The van der Waals surface area contributed by atoms with E-state index in [1.54, 1.807) is 6.20 Å². The third-order valence-corrected chi connectivity index (χ3v) is 3.97. The van der Waals surface area contributed by atoms with Gasteiger partial charge in [-0.1, -0.05) is 12.8 Å². The minimum Gasteiger partial charge on any atom is -0.350 e. The van der Waals surface area contributed by atoms with Crippen LogP contribution in [-0.2, 0) is 11.3 Å². The maximum atomic E-state index is 11.9. The van der Waals surface area contributed by atoms with Gasteiger partial charge in [-0.15, -0.1) is 0 Å². The van der Waals surface area contributed by atoms with Gasteiger partial charge in [0.2, 0.25) is 5.91 Å². The molecular weight excluding hydrogens is 202 g/mol. The molecule has 4 nitrogen and oxygen atoms in total. The summed E-state index contributed by atoms with van der Waals surface area (Å²) in [5, 5.41) is 9.70. The molecule has 0 aromatic carbocycles. The van der Waals surface area contributed by atoms with Crippen LogP contribution in [-0.4, -0.2) is 16.1 Å². The Hall–Kier alpha value is -1.32. The van der Waals surface area contributed by atoms with Crippen molar-refractivity contribution < 1.29 is 4.79 Å².